The van der Waals surface area contributed by atoms with E-state index in [0.29, 0.717) is 0 Å². The fourth-order valence-electron chi connectivity index (χ4n) is 3.31. The molecular weight excluding hydrogens is 391 g/mol. The van der Waals surface area contributed by atoms with Gasteiger partial charge in [-0.15, -0.1) is 0 Å². The quantitative estimate of drug-likeness (QED) is 0.687. The molecule has 0 atom stereocenters. The lowest BCUT2D eigenvalue weighted by molar-refractivity contribution is 0.00578. The lowest BCUT2D eigenvalue weighted by Gasteiger charge is -2.32. The zero-order chi connectivity index (χ0) is 22.6. The Morgan fingerprint density at radius 3 is 2.23 bits per heavy atom. The van der Waals surface area contributed by atoms with Crippen LogP contribution in [0.15, 0.2) is 47.9 Å². The van der Waals surface area contributed by atoms with Crippen LogP contribution in [0, 0.1) is 13.8 Å². The van der Waals surface area contributed by atoms with Crippen LogP contribution in [0.25, 0.3) is 6.08 Å². The van der Waals surface area contributed by atoms with E-state index in [1.165, 1.54) is 0 Å². The third-order valence-corrected chi connectivity index (χ3v) is 5.66. The highest BCUT2D eigenvalue weighted by Gasteiger charge is 2.52. The lowest BCUT2D eigenvalue weighted by atomic mass is 9.77. The average molecular weight is 422 g/mol. The van der Waals surface area contributed by atoms with E-state index in [-0.39, 0.29) is 13.2 Å². The van der Waals surface area contributed by atoms with Crippen LogP contribution in [-0.2, 0) is 20.7 Å². The maximum Gasteiger partial charge on any atom is 0.492 e. The van der Waals surface area contributed by atoms with Crippen LogP contribution >= 0.6 is 0 Å². The second kappa shape index (κ2) is 9.24. The van der Waals surface area contributed by atoms with Crippen LogP contribution in [0.4, 0.5) is 4.79 Å². The molecule has 0 unspecified atom stereocenters. The molecule has 3 rings (SSSR count). The van der Waals surface area contributed by atoms with Gasteiger partial charge in [0.05, 0.1) is 11.2 Å². The highest BCUT2D eigenvalue weighted by atomic mass is 16.7. The van der Waals surface area contributed by atoms with Crippen molar-refractivity contribution < 1.29 is 18.8 Å². The van der Waals surface area contributed by atoms with Gasteiger partial charge in [-0.1, -0.05) is 36.4 Å². The molecule has 7 heteroatoms. The van der Waals surface area contributed by atoms with E-state index in [4.69, 9.17) is 14.0 Å². The molecule has 0 radical (unpaired) electrons. The molecule has 2 aromatic rings. The van der Waals surface area contributed by atoms with Gasteiger partial charge in [-0.05, 0) is 70.3 Å². The highest BCUT2D eigenvalue weighted by molar-refractivity contribution is 6.56. The van der Waals surface area contributed by atoms with Crippen molar-refractivity contribution in [3.63, 3.8) is 0 Å². The Balaban J connectivity index is 1.74. The number of aryl methyl sites for hydroxylation is 2. The van der Waals surface area contributed by atoms with Crippen molar-refractivity contribution in [3.05, 3.63) is 70.5 Å². The average Bonchev–Trinajstić information content (AvgIpc) is 2.90. The van der Waals surface area contributed by atoms with Crippen molar-refractivity contribution in [1.29, 1.82) is 0 Å². The van der Waals surface area contributed by atoms with Gasteiger partial charge in [0.15, 0.2) is 0 Å². The fourth-order valence-corrected chi connectivity index (χ4v) is 3.31. The van der Waals surface area contributed by atoms with Crippen molar-refractivity contribution >= 4 is 19.3 Å². The normalized spacial score (nSPS) is 17.5. The number of aromatic nitrogens is 1. The first kappa shape index (κ1) is 23.0. The predicted molar refractivity (Wildman–Crippen MR) is 122 cm³/mol. The Bertz CT molecular complexity index is 921. The Morgan fingerprint density at radius 2 is 1.65 bits per heavy atom. The topological polar surface area (TPSA) is 69.7 Å². The molecule has 0 spiro atoms. The minimum Gasteiger partial charge on any atom is -0.445 e. The number of pyridine rings is 1. The highest BCUT2D eigenvalue weighted by Crippen LogP contribution is 2.38. The number of hydrogen-bond acceptors (Lipinski definition) is 5. The monoisotopic (exact) mass is 422 g/mol. The summed E-state index contributed by atoms with van der Waals surface area (Å²) in [6.45, 7) is 12.4. The summed E-state index contributed by atoms with van der Waals surface area (Å²) < 4.78 is 17.8. The zero-order valence-electron chi connectivity index (χ0n) is 19.2. The van der Waals surface area contributed by atoms with Gasteiger partial charge >= 0.3 is 13.2 Å². The van der Waals surface area contributed by atoms with E-state index >= 15 is 0 Å². The number of nitrogens with one attached hydrogen (secondary N) is 1. The Hall–Kier alpha value is -2.64. The Labute approximate surface area is 185 Å². The predicted octanol–water partition coefficient (Wildman–Crippen LogP) is 4.64. The summed E-state index contributed by atoms with van der Waals surface area (Å²) in [6.07, 6.45) is 1.50. The van der Waals surface area contributed by atoms with Gasteiger partial charge in [-0.2, -0.15) is 0 Å². The van der Waals surface area contributed by atoms with Gasteiger partial charge in [0.2, 0.25) is 0 Å². The standard InChI is InChI=1S/C24H31BN2O4/c1-17-12-20(13-18(2)27-17)14-21(25-30-23(3,4)24(5,6)31-25)15-26-22(28)29-16-19-10-8-7-9-11-19/h7-14H,15-16H2,1-6H3,(H,26,28). The molecule has 1 aliphatic heterocycles. The maximum absolute atomic E-state index is 12.3. The summed E-state index contributed by atoms with van der Waals surface area (Å²) in [5, 5.41) is 2.83. The van der Waals surface area contributed by atoms with Gasteiger partial charge in [-0.3, -0.25) is 4.98 Å². The van der Waals surface area contributed by atoms with Crippen molar-refractivity contribution in [2.45, 2.75) is 59.4 Å². The number of benzene rings is 1. The summed E-state index contributed by atoms with van der Waals surface area (Å²) in [5.41, 5.74) is 3.62. The molecule has 1 aromatic carbocycles. The molecule has 6 nitrogen and oxygen atoms in total. The molecule has 0 saturated carbocycles. The van der Waals surface area contributed by atoms with Gasteiger partial charge in [-0.25, -0.2) is 4.79 Å². The largest absolute Gasteiger partial charge is 0.492 e. The molecule has 164 valence electrons. The second-order valence-corrected chi connectivity index (χ2v) is 8.91. The van der Waals surface area contributed by atoms with E-state index in [1.807, 2.05) is 90.1 Å². The third-order valence-electron chi connectivity index (χ3n) is 5.66. The Kier molecular flexibility index (Phi) is 6.87. The number of amides is 1. The smallest absolute Gasteiger partial charge is 0.445 e. The molecule has 0 aliphatic carbocycles. The van der Waals surface area contributed by atoms with Crippen LogP contribution < -0.4 is 5.32 Å². The molecule has 31 heavy (non-hydrogen) atoms. The molecule has 1 fully saturated rings. The summed E-state index contributed by atoms with van der Waals surface area (Å²) in [6, 6.07) is 13.6. The number of carbonyl (C=O) groups is 1. The minimum absolute atomic E-state index is 0.213. The second-order valence-electron chi connectivity index (χ2n) is 8.91. The van der Waals surface area contributed by atoms with Crippen LogP contribution in [0.1, 0.15) is 50.2 Å². The molecule has 1 amide bonds. The van der Waals surface area contributed by atoms with Gasteiger partial charge < -0.3 is 19.4 Å². The SMILES string of the molecule is Cc1cc(C=C(CNC(=O)OCc2ccccc2)B2OC(C)(C)C(C)(C)O2)cc(C)n1. The number of hydrogen-bond donors (Lipinski definition) is 1. The molecule has 1 saturated heterocycles. The van der Waals surface area contributed by atoms with E-state index in [2.05, 4.69) is 10.3 Å². The van der Waals surface area contributed by atoms with Gasteiger partial charge in [0.1, 0.15) is 6.61 Å². The van der Waals surface area contributed by atoms with Gasteiger partial charge in [0.25, 0.3) is 0 Å². The Morgan fingerprint density at radius 1 is 1.06 bits per heavy atom. The number of rotatable bonds is 6. The van der Waals surface area contributed by atoms with Crippen molar-refractivity contribution in [1.82, 2.24) is 10.3 Å². The maximum atomic E-state index is 12.3. The number of alkyl carbamates (subject to hydrolysis) is 1. The molecule has 1 aliphatic rings. The minimum atomic E-state index is -0.576. The van der Waals surface area contributed by atoms with E-state index in [9.17, 15) is 4.79 Å². The molecule has 1 aromatic heterocycles. The summed E-state index contributed by atoms with van der Waals surface area (Å²) in [7, 11) is -0.576. The number of ether oxygens (including phenoxy) is 1. The third kappa shape index (κ3) is 5.96. The van der Waals surface area contributed by atoms with E-state index in [0.717, 1.165) is 28.0 Å². The van der Waals surface area contributed by atoms with Crippen molar-refractivity contribution in [3.8, 4) is 0 Å². The molecule has 1 N–H and O–H groups in total. The fraction of sp³-hybridized carbons (Fsp3) is 0.417. The first-order chi connectivity index (χ1) is 14.6. The van der Waals surface area contributed by atoms with Crippen LogP contribution in [0.2, 0.25) is 0 Å². The van der Waals surface area contributed by atoms with Gasteiger partial charge in [0, 0.05) is 17.9 Å². The van der Waals surface area contributed by atoms with Crippen molar-refractivity contribution in [2.75, 3.05) is 6.54 Å². The lowest BCUT2D eigenvalue weighted by Crippen LogP contribution is -2.41. The molecular formula is C24H31BN2O4. The van der Waals surface area contributed by atoms with Crippen LogP contribution in [-0.4, -0.2) is 35.9 Å². The van der Waals surface area contributed by atoms with E-state index < -0.39 is 24.4 Å². The van der Waals surface area contributed by atoms with Crippen LogP contribution in [0.3, 0.4) is 0 Å². The summed E-state index contributed by atoms with van der Waals surface area (Å²) >= 11 is 0. The summed E-state index contributed by atoms with van der Waals surface area (Å²) in [5.74, 6) is 0. The molecule has 2 heterocycles. The summed E-state index contributed by atoms with van der Waals surface area (Å²) in [4.78, 5) is 16.7. The van der Waals surface area contributed by atoms with E-state index in [1.54, 1.807) is 0 Å². The zero-order valence-corrected chi connectivity index (χ0v) is 19.2. The van der Waals surface area contributed by atoms with Crippen LogP contribution in [0.5, 0.6) is 0 Å². The number of nitrogens with zero attached hydrogens (tertiary/aromatic N) is 1. The first-order valence-corrected chi connectivity index (χ1v) is 10.5. The number of carbonyl (C=O) groups excluding carboxylic acids is 1. The first-order valence-electron chi connectivity index (χ1n) is 10.5. The van der Waals surface area contributed by atoms with Crippen molar-refractivity contribution in [2.24, 2.45) is 0 Å². The molecule has 0 bridgehead atoms.